The highest BCUT2D eigenvalue weighted by Crippen LogP contribution is 2.32. The van der Waals surface area contributed by atoms with Crippen LogP contribution in [0.15, 0.2) is 24.3 Å². The van der Waals surface area contributed by atoms with Crippen molar-refractivity contribution in [2.24, 2.45) is 5.92 Å². The summed E-state index contributed by atoms with van der Waals surface area (Å²) >= 11 is 0. The SMILES string of the molecule is CCOC(=O)C1CCCN(C(=O)c2c(C)c3c(n2Cc2cccc(F)c2)CCCC3)C1. The van der Waals surface area contributed by atoms with Crippen LogP contribution in [0.1, 0.15) is 65.5 Å². The van der Waals surface area contributed by atoms with Crippen molar-refractivity contribution in [3.63, 3.8) is 0 Å². The highest BCUT2D eigenvalue weighted by atomic mass is 19.1. The van der Waals surface area contributed by atoms with E-state index in [1.54, 1.807) is 17.9 Å². The molecule has 2 aliphatic rings. The van der Waals surface area contributed by atoms with Gasteiger partial charge in [-0.2, -0.15) is 0 Å². The average Bonchev–Trinajstić information content (AvgIpc) is 3.05. The first-order valence-corrected chi connectivity index (χ1v) is 11.4. The van der Waals surface area contributed by atoms with Gasteiger partial charge < -0.3 is 14.2 Å². The molecule has 0 N–H and O–H groups in total. The van der Waals surface area contributed by atoms with Gasteiger partial charge >= 0.3 is 5.97 Å². The number of amides is 1. The minimum absolute atomic E-state index is 0.0303. The van der Waals surface area contributed by atoms with Gasteiger partial charge in [0.05, 0.1) is 12.5 Å². The van der Waals surface area contributed by atoms with Crippen LogP contribution in [-0.4, -0.2) is 41.0 Å². The molecule has 0 radical (unpaired) electrons. The molecule has 166 valence electrons. The van der Waals surface area contributed by atoms with Gasteiger partial charge in [-0.1, -0.05) is 12.1 Å². The van der Waals surface area contributed by atoms with E-state index in [0.717, 1.165) is 49.7 Å². The fourth-order valence-corrected chi connectivity index (χ4v) is 5.10. The summed E-state index contributed by atoms with van der Waals surface area (Å²) in [6.07, 6.45) is 5.68. The number of halogens is 1. The number of piperidine rings is 1. The molecule has 1 aromatic carbocycles. The Bertz CT molecular complexity index is 981. The van der Waals surface area contributed by atoms with E-state index in [4.69, 9.17) is 4.74 Å². The molecule has 0 bridgehead atoms. The molecular weight excluding hydrogens is 395 g/mol. The third-order valence-electron chi connectivity index (χ3n) is 6.60. The van der Waals surface area contributed by atoms with Gasteiger partial charge in [0.15, 0.2) is 0 Å². The monoisotopic (exact) mass is 426 g/mol. The van der Waals surface area contributed by atoms with Gasteiger partial charge in [0.2, 0.25) is 0 Å². The summed E-state index contributed by atoms with van der Waals surface area (Å²) in [4.78, 5) is 27.8. The number of nitrogens with zero attached hydrogens (tertiary/aromatic N) is 2. The summed E-state index contributed by atoms with van der Waals surface area (Å²) < 4.78 is 21.1. The lowest BCUT2D eigenvalue weighted by Gasteiger charge is -2.32. The Morgan fingerprint density at radius 1 is 1.19 bits per heavy atom. The molecule has 5 nitrogen and oxygen atoms in total. The van der Waals surface area contributed by atoms with Crippen LogP contribution in [0.3, 0.4) is 0 Å². The Morgan fingerprint density at radius 2 is 2.00 bits per heavy atom. The molecule has 31 heavy (non-hydrogen) atoms. The van der Waals surface area contributed by atoms with Gasteiger partial charge in [0.1, 0.15) is 11.5 Å². The second-order valence-electron chi connectivity index (χ2n) is 8.66. The van der Waals surface area contributed by atoms with Crippen molar-refractivity contribution in [1.29, 1.82) is 0 Å². The summed E-state index contributed by atoms with van der Waals surface area (Å²) in [5.74, 6) is -0.779. The second-order valence-corrected chi connectivity index (χ2v) is 8.66. The molecule has 2 heterocycles. The smallest absolute Gasteiger partial charge is 0.310 e. The topological polar surface area (TPSA) is 51.5 Å². The standard InChI is InChI=1S/C25H31FN2O3/c1-3-31-25(30)19-9-7-13-27(16-19)24(29)23-17(2)21-11-4-5-12-22(21)28(23)15-18-8-6-10-20(26)14-18/h6,8,10,14,19H,3-5,7,9,11-13,15-16H2,1-2H3. The molecule has 1 aliphatic heterocycles. The van der Waals surface area contributed by atoms with E-state index >= 15 is 0 Å². The van der Waals surface area contributed by atoms with Gasteiger partial charge in [0, 0.05) is 25.3 Å². The number of benzene rings is 1. The van der Waals surface area contributed by atoms with Gasteiger partial charge in [-0.15, -0.1) is 0 Å². The predicted molar refractivity (Wildman–Crippen MR) is 117 cm³/mol. The number of ether oxygens (including phenoxy) is 1. The van der Waals surface area contributed by atoms with E-state index in [9.17, 15) is 14.0 Å². The summed E-state index contributed by atoms with van der Waals surface area (Å²) in [7, 11) is 0. The third-order valence-corrected chi connectivity index (χ3v) is 6.60. The van der Waals surface area contributed by atoms with E-state index in [2.05, 4.69) is 4.57 Å². The summed E-state index contributed by atoms with van der Waals surface area (Å²) in [6, 6.07) is 6.59. The Hall–Kier alpha value is -2.63. The number of rotatable bonds is 5. The second kappa shape index (κ2) is 9.25. The van der Waals surface area contributed by atoms with E-state index in [1.807, 2.05) is 13.0 Å². The van der Waals surface area contributed by atoms with Crippen molar-refractivity contribution in [3.05, 3.63) is 58.2 Å². The van der Waals surface area contributed by atoms with Crippen molar-refractivity contribution >= 4 is 11.9 Å². The maximum atomic E-state index is 13.8. The number of likely N-dealkylation sites (tertiary alicyclic amines) is 1. The lowest BCUT2D eigenvalue weighted by Crippen LogP contribution is -2.43. The normalized spacial score (nSPS) is 18.5. The van der Waals surface area contributed by atoms with Gasteiger partial charge in [-0.25, -0.2) is 4.39 Å². The molecule has 1 saturated heterocycles. The van der Waals surface area contributed by atoms with Crippen molar-refractivity contribution in [3.8, 4) is 0 Å². The van der Waals surface area contributed by atoms with Gasteiger partial charge in [-0.05, 0) is 81.2 Å². The average molecular weight is 427 g/mol. The molecule has 4 rings (SSSR count). The zero-order valence-electron chi connectivity index (χ0n) is 18.5. The Balaban J connectivity index is 1.67. The summed E-state index contributed by atoms with van der Waals surface area (Å²) in [5, 5.41) is 0. The van der Waals surface area contributed by atoms with Crippen LogP contribution in [-0.2, 0) is 28.9 Å². The number of hydrogen-bond acceptors (Lipinski definition) is 3. The minimum Gasteiger partial charge on any atom is -0.466 e. The van der Waals surface area contributed by atoms with Crippen LogP contribution >= 0.6 is 0 Å². The number of esters is 1. The van der Waals surface area contributed by atoms with Crippen molar-refractivity contribution in [2.75, 3.05) is 19.7 Å². The van der Waals surface area contributed by atoms with Crippen molar-refractivity contribution in [2.45, 2.75) is 58.9 Å². The molecule has 2 aromatic rings. The zero-order valence-corrected chi connectivity index (χ0v) is 18.5. The fraction of sp³-hybridized carbons (Fsp3) is 0.520. The number of carbonyl (C=O) groups is 2. The number of fused-ring (bicyclic) bond motifs is 1. The van der Waals surface area contributed by atoms with Crippen LogP contribution in [0.25, 0.3) is 0 Å². The molecule has 1 aromatic heterocycles. The van der Waals surface area contributed by atoms with E-state index < -0.39 is 0 Å². The van der Waals surface area contributed by atoms with Crippen LogP contribution in [0.4, 0.5) is 4.39 Å². The van der Waals surface area contributed by atoms with Gasteiger partial charge in [-0.3, -0.25) is 9.59 Å². The first kappa shape index (κ1) is 21.6. The maximum absolute atomic E-state index is 13.8. The summed E-state index contributed by atoms with van der Waals surface area (Å²) in [5.41, 5.74) is 5.05. The maximum Gasteiger partial charge on any atom is 0.310 e. The Kier molecular flexibility index (Phi) is 6.44. The third kappa shape index (κ3) is 4.39. The molecule has 1 atom stereocenters. The van der Waals surface area contributed by atoms with Crippen LogP contribution < -0.4 is 0 Å². The van der Waals surface area contributed by atoms with Crippen LogP contribution in [0, 0.1) is 18.7 Å². The zero-order chi connectivity index (χ0) is 22.0. The fourth-order valence-electron chi connectivity index (χ4n) is 5.10. The van der Waals surface area contributed by atoms with Gasteiger partial charge in [0.25, 0.3) is 5.91 Å². The molecule has 1 unspecified atom stereocenters. The lowest BCUT2D eigenvalue weighted by atomic mass is 9.94. The van der Waals surface area contributed by atoms with Crippen molar-refractivity contribution < 1.29 is 18.7 Å². The minimum atomic E-state index is -0.267. The highest BCUT2D eigenvalue weighted by molar-refractivity contribution is 5.95. The largest absolute Gasteiger partial charge is 0.466 e. The molecular formula is C25H31FN2O3. The molecule has 0 spiro atoms. The highest BCUT2D eigenvalue weighted by Gasteiger charge is 2.33. The van der Waals surface area contributed by atoms with E-state index in [-0.39, 0.29) is 23.6 Å². The first-order chi connectivity index (χ1) is 15.0. The number of carbonyl (C=O) groups excluding carboxylic acids is 2. The molecule has 1 aliphatic carbocycles. The van der Waals surface area contributed by atoms with E-state index in [0.29, 0.717) is 31.9 Å². The number of hydrogen-bond donors (Lipinski definition) is 0. The van der Waals surface area contributed by atoms with Crippen molar-refractivity contribution in [1.82, 2.24) is 9.47 Å². The molecule has 1 amide bonds. The molecule has 1 fully saturated rings. The molecule has 0 saturated carbocycles. The molecule has 6 heteroatoms. The Labute approximate surface area is 183 Å². The quantitative estimate of drug-likeness (QED) is 0.671. The van der Waals surface area contributed by atoms with E-state index in [1.165, 1.54) is 23.4 Å². The predicted octanol–water partition coefficient (Wildman–Crippen LogP) is 4.28. The van der Waals surface area contributed by atoms with Crippen LogP contribution in [0.2, 0.25) is 0 Å². The summed E-state index contributed by atoms with van der Waals surface area (Å²) in [6.45, 7) is 5.70. The van der Waals surface area contributed by atoms with Crippen LogP contribution in [0.5, 0.6) is 0 Å². The first-order valence-electron chi connectivity index (χ1n) is 11.4. The Morgan fingerprint density at radius 3 is 2.77 bits per heavy atom. The number of aromatic nitrogens is 1. The lowest BCUT2D eigenvalue weighted by molar-refractivity contribution is -0.149.